The minimum atomic E-state index is -1.13. The molecule has 8 aliphatic rings. The van der Waals surface area contributed by atoms with Crippen molar-refractivity contribution in [2.24, 2.45) is 0 Å². The molecule has 7 aromatic carbocycles. The Morgan fingerprint density at radius 1 is 0.143 bits per heavy atom. The number of hydrogen-bond donors (Lipinski definition) is 0. The Labute approximate surface area is 429 Å². The first kappa shape index (κ1) is 51.9. The molecule has 364 valence electrons. The van der Waals surface area contributed by atoms with Crippen molar-refractivity contribution in [1.29, 1.82) is 0 Å². The van der Waals surface area contributed by atoms with E-state index in [9.17, 15) is 29.5 Å². The van der Waals surface area contributed by atoms with Gasteiger partial charge in [0.2, 0.25) is 0 Å². The van der Waals surface area contributed by atoms with Crippen LogP contribution in [0, 0.1) is 0 Å². The summed E-state index contributed by atoms with van der Waals surface area (Å²) in [7, 11) is -7.91. The predicted molar refractivity (Wildman–Crippen MR) is 294 cm³/mol. The van der Waals surface area contributed by atoms with Gasteiger partial charge in [-0.3, -0.25) is 29.5 Å². The van der Waals surface area contributed by atoms with Crippen LogP contribution in [-0.4, -0.2) is 29.5 Å². The molecule has 0 N–H and O–H groups in total. The van der Waals surface area contributed by atoms with Gasteiger partial charge in [0.05, 0.1) is 0 Å². The molecular formula is C56H56O7S7. The summed E-state index contributed by atoms with van der Waals surface area (Å²) < 4.78 is 92.0. The van der Waals surface area contributed by atoms with Crippen molar-refractivity contribution in [2.45, 2.75) is 80.5 Å². The van der Waals surface area contributed by atoms with Crippen molar-refractivity contribution in [1.82, 2.24) is 0 Å². The van der Waals surface area contributed by atoms with Crippen LogP contribution in [-0.2, 0) is 156 Å². The van der Waals surface area contributed by atoms with Gasteiger partial charge in [-0.25, -0.2) is 0 Å². The van der Waals surface area contributed by atoms with Gasteiger partial charge in [-0.1, -0.05) is 170 Å². The normalized spacial score (nSPS) is 22.6. The van der Waals surface area contributed by atoms with E-state index in [0.717, 1.165) is 77.9 Å². The summed E-state index contributed by atoms with van der Waals surface area (Å²) in [6, 6.07) is 54.8. The highest BCUT2D eigenvalue weighted by Crippen LogP contribution is 2.20. The zero-order valence-electron chi connectivity index (χ0n) is 38.8. The molecule has 8 heterocycles. The van der Waals surface area contributed by atoms with E-state index in [0.29, 0.717) is 80.5 Å². The fourth-order valence-electron chi connectivity index (χ4n) is 8.08. The molecule has 15 rings (SSSR count). The van der Waals surface area contributed by atoms with Crippen molar-refractivity contribution in [3.8, 4) is 0 Å². The van der Waals surface area contributed by atoms with Crippen LogP contribution in [0.15, 0.2) is 170 Å². The first-order valence-electron chi connectivity index (χ1n) is 22.9. The fourth-order valence-corrected chi connectivity index (χ4v) is 16.7. The third-order valence-corrected chi connectivity index (χ3v) is 20.9. The maximum absolute atomic E-state index is 13.1. The Morgan fingerprint density at radius 3 is 0.257 bits per heavy atom. The van der Waals surface area contributed by atoms with Crippen molar-refractivity contribution in [2.75, 3.05) is 0 Å². The van der Waals surface area contributed by atoms with Gasteiger partial charge >= 0.3 is 0 Å². The predicted octanol–water partition coefficient (Wildman–Crippen LogP) is 10.1. The Balaban J connectivity index is 0.890. The highest BCUT2D eigenvalue weighted by Gasteiger charge is 2.13. The van der Waals surface area contributed by atoms with Gasteiger partial charge < -0.3 is 0 Å². The van der Waals surface area contributed by atoms with Crippen LogP contribution < -0.4 is 0 Å². The number of fused-ring (bicyclic) bond motifs is 7. The third kappa shape index (κ3) is 16.9. The van der Waals surface area contributed by atoms with E-state index in [4.69, 9.17) is 0 Å². The second-order valence-electron chi connectivity index (χ2n) is 17.8. The Hall–Kier alpha value is -4.41. The van der Waals surface area contributed by atoms with Crippen molar-refractivity contribution in [3.63, 3.8) is 0 Å². The maximum atomic E-state index is 13.1. The first-order chi connectivity index (χ1) is 33.9. The molecule has 0 aliphatic carbocycles. The number of benzene rings is 7. The Bertz CT molecular complexity index is 2240. The molecule has 7 aromatic rings. The van der Waals surface area contributed by atoms with Crippen LogP contribution in [0.2, 0.25) is 0 Å². The molecule has 0 amide bonds. The average molecular weight is 1070 g/mol. The monoisotopic (exact) mass is 1060 g/mol. The van der Waals surface area contributed by atoms with Crippen molar-refractivity contribution >= 4 is 75.6 Å². The molecule has 0 radical (unpaired) electrons. The molecule has 70 heavy (non-hydrogen) atoms. The van der Waals surface area contributed by atoms with Gasteiger partial charge in [0, 0.05) is 156 Å². The second-order valence-corrected chi connectivity index (χ2v) is 28.0. The van der Waals surface area contributed by atoms with E-state index in [-0.39, 0.29) is 0 Å². The van der Waals surface area contributed by atoms with Crippen LogP contribution in [0.25, 0.3) is 0 Å². The molecule has 7 nitrogen and oxygen atoms in total. The van der Waals surface area contributed by atoms with Crippen LogP contribution in [0.5, 0.6) is 0 Å². The molecule has 14 bridgehead atoms. The molecule has 8 aliphatic heterocycles. The molecule has 0 unspecified atom stereocenters. The quantitative estimate of drug-likeness (QED) is 0.148. The topological polar surface area (TPSA) is 119 Å². The molecule has 14 heteroatoms. The molecular weight excluding hydrogens is 1010 g/mol. The highest BCUT2D eigenvalue weighted by atomic mass is 32.2. The van der Waals surface area contributed by atoms with Gasteiger partial charge in [0.15, 0.2) is 0 Å². The van der Waals surface area contributed by atoms with E-state index in [1.165, 1.54) is 0 Å². The van der Waals surface area contributed by atoms with Crippen LogP contribution in [0.1, 0.15) is 77.9 Å². The Kier molecular flexibility index (Phi) is 19.1. The summed E-state index contributed by atoms with van der Waals surface area (Å²) in [5.41, 5.74) is 13.3. The second kappa shape index (κ2) is 25.8. The lowest BCUT2D eigenvalue weighted by molar-refractivity contribution is 0.680. The Morgan fingerprint density at radius 2 is 0.200 bits per heavy atom. The zero-order valence-corrected chi connectivity index (χ0v) is 44.5. The SMILES string of the molecule is O=S1Cc2ccc(cc2)CS(=O)Cc2ccc(cc2)CS(=O)Cc2ccc(cc2)CS(=O)Cc2ccc(cc2)CS(=O)Cc2ccc(cc2)CS(=O)Cc2ccc(cc2)CS(=O)Cc2ccc(cc2)C1. The summed E-state index contributed by atoms with van der Waals surface area (Å²) in [5.74, 6) is 5.71. The lowest BCUT2D eigenvalue weighted by atomic mass is 10.2. The number of hydrogen-bond acceptors (Lipinski definition) is 7. The maximum Gasteiger partial charge on any atom is 0.0489 e. The summed E-state index contributed by atoms with van der Waals surface area (Å²) in [6.07, 6.45) is 0. The lowest BCUT2D eigenvalue weighted by Crippen LogP contribution is -2.03. The minimum Gasteiger partial charge on any atom is -0.259 e. The summed E-state index contributed by atoms with van der Waals surface area (Å²) in [6.45, 7) is 0. The first-order valence-corrected chi connectivity index (χ1v) is 33.3. The minimum absolute atomic E-state index is 0.408. The smallest absolute Gasteiger partial charge is 0.0489 e. The largest absolute Gasteiger partial charge is 0.259 e. The van der Waals surface area contributed by atoms with Gasteiger partial charge in [-0.2, -0.15) is 0 Å². The molecule has 0 spiro atoms. The molecule has 0 saturated heterocycles. The van der Waals surface area contributed by atoms with Gasteiger partial charge in [-0.05, 0) is 77.9 Å². The molecule has 0 fully saturated rings. The van der Waals surface area contributed by atoms with Crippen LogP contribution in [0.4, 0.5) is 0 Å². The van der Waals surface area contributed by atoms with Crippen LogP contribution in [0.3, 0.4) is 0 Å². The zero-order chi connectivity index (χ0) is 48.8. The molecule has 0 aromatic heterocycles. The molecule has 0 saturated carbocycles. The van der Waals surface area contributed by atoms with E-state index in [1.807, 2.05) is 170 Å². The standard InChI is InChI=1S/C56H56O7S7/c57-64-29-43-1-2-44(4-3-43)30-65(58)32-46-9-11-48(12-10-46)34-67(60)36-50-17-19-52(20-18-50)38-69(62)40-54-25-27-56(28-26-54)42-70(63)41-55-23-21-53(22-24-55)39-68(61)37-51-15-13-49(14-16-51)35-66(59)33-47-7-5-45(31-64)6-8-47/h1-28H,29-42H2. The van der Waals surface area contributed by atoms with E-state index in [1.54, 1.807) is 0 Å². The van der Waals surface area contributed by atoms with Crippen LogP contribution >= 0.6 is 0 Å². The molecule has 0 atom stereocenters. The average Bonchev–Trinajstić information content (AvgIpc) is 3.33. The van der Waals surface area contributed by atoms with E-state index >= 15 is 0 Å². The summed E-state index contributed by atoms with van der Waals surface area (Å²) in [5, 5.41) is 0. The fraction of sp³-hybridized carbons (Fsp3) is 0.250. The van der Waals surface area contributed by atoms with Crippen molar-refractivity contribution in [3.05, 3.63) is 248 Å². The highest BCUT2D eigenvalue weighted by molar-refractivity contribution is 7.84. The van der Waals surface area contributed by atoms with Gasteiger partial charge in [0.25, 0.3) is 0 Å². The lowest BCUT2D eigenvalue weighted by Gasteiger charge is -2.08. The van der Waals surface area contributed by atoms with Crippen molar-refractivity contribution < 1.29 is 29.5 Å². The van der Waals surface area contributed by atoms with E-state index < -0.39 is 75.6 Å². The number of rotatable bonds is 0. The third-order valence-electron chi connectivity index (χ3n) is 11.7. The summed E-state index contributed by atoms with van der Waals surface area (Å²) >= 11 is 0. The van der Waals surface area contributed by atoms with E-state index in [2.05, 4.69) is 0 Å². The summed E-state index contributed by atoms with van der Waals surface area (Å²) in [4.78, 5) is 0. The van der Waals surface area contributed by atoms with Gasteiger partial charge in [0.1, 0.15) is 0 Å². The van der Waals surface area contributed by atoms with Gasteiger partial charge in [-0.15, -0.1) is 0 Å².